The molecule has 12 aromatic rings. The van der Waals surface area contributed by atoms with Gasteiger partial charge in [0.25, 0.3) is 6.71 Å². The second-order valence-electron chi connectivity index (χ2n) is 18.7. The van der Waals surface area contributed by atoms with Gasteiger partial charge in [0, 0.05) is 33.5 Å². The fourth-order valence-corrected chi connectivity index (χ4v) is 13.2. The highest BCUT2D eigenvalue weighted by atomic mass is 15.2. The molecule has 302 valence electrons. The molecular weight excluding hydrogens is 796 g/mol. The topological polar surface area (TPSA) is 8.17 Å². The first kappa shape index (κ1) is 35.0. The van der Waals surface area contributed by atoms with Crippen molar-refractivity contribution in [2.75, 3.05) is 4.90 Å². The van der Waals surface area contributed by atoms with Gasteiger partial charge in [0.2, 0.25) is 0 Å². The lowest BCUT2D eigenvalue weighted by Gasteiger charge is -2.41. The Hall–Kier alpha value is -8.40. The van der Waals surface area contributed by atoms with E-state index in [1.807, 2.05) is 0 Å². The van der Waals surface area contributed by atoms with Crippen LogP contribution in [-0.4, -0.2) is 11.3 Å². The third kappa shape index (κ3) is 4.20. The summed E-state index contributed by atoms with van der Waals surface area (Å²) in [7, 11) is 0. The van der Waals surface area contributed by atoms with Crippen LogP contribution in [0.1, 0.15) is 22.3 Å². The van der Waals surface area contributed by atoms with Crippen molar-refractivity contribution in [3.63, 3.8) is 0 Å². The van der Waals surface area contributed by atoms with Gasteiger partial charge >= 0.3 is 0 Å². The fraction of sp³-hybridized carbons (Fsp3) is 0.0159. The number of nitrogens with zero attached hydrogens (tertiary/aromatic N) is 2. The third-order valence-corrected chi connectivity index (χ3v) is 15.7. The van der Waals surface area contributed by atoms with E-state index in [0.29, 0.717) is 0 Å². The second-order valence-corrected chi connectivity index (χ2v) is 18.7. The quantitative estimate of drug-likeness (QED) is 0.158. The van der Waals surface area contributed by atoms with Gasteiger partial charge in [-0.15, -0.1) is 0 Å². The van der Waals surface area contributed by atoms with Crippen molar-refractivity contribution in [3.05, 3.63) is 247 Å². The van der Waals surface area contributed by atoms with Gasteiger partial charge < -0.3 is 9.47 Å². The van der Waals surface area contributed by atoms with Gasteiger partial charge in [0.15, 0.2) is 0 Å². The predicted molar refractivity (Wildman–Crippen MR) is 277 cm³/mol. The van der Waals surface area contributed by atoms with Crippen LogP contribution < -0.4 is 21.3 Å². The second kappa shape index (κ2) is 12.4. The Balaban J connectivity index is 1.03. The summed E-state index contributed by atoms with van der Waals surface area (Å²) in [5.41, 5.74) is 24.2. The van der Waals surface area contributed by atoms with Crippen LogP contribution in [0.3, 0.4) is 0 Å². The molecule has 0 radical (unpaired) electrons. The van der Waals surface area contributed by atoms with Gasteiger partial charge in [-0.05, 0) is 136 Å². The number of aromatic nitrogens is 1. The van der Waals surface area contributed by atoms with Gasteiger partial charge in [0.05, 0.1) is 16.4 Å². The maximum absolute atomic E-state index is 2.62. The molecule has 16 rings (SSSR count). The number of rotatable bonds is 2. The summed E-state index contributed by atoms with van der Waals surface area (Å²) in [5.74, 6) is 0. The molecule has 3 heteroatoms. The molecule has 4 aliphatic rings. The average molecular weight is 833 g/mol. The lowest BCUT2D eigenvalue weighted by molar-refractivity contribution is 0.794. The van der Waals surface area contributed by atoms with Crippen LogP contribution in [0.5, 0.6) is 0 Å². The van der Waals surface area contributed by atoms with Gasteiger partial charge in [-0.3, -0.25) is 0 Å². The van der Waals surface area contributed by atoms with Crippen LogP contribution >= 0.6 is 0 Å². The molecule has 0 bridgehead atoms. The molecule has 0 N–H and O–H groups in total. The number of para-hydroxylation sites is 2. The smallest absolute Gasteiger partial charge is 0.252 e. The SMILES string of the molecule is c1ccc(N2c3cc4ccccc4cc3B3c4c2cc(-c2ccc5c(c2)-c2ccccc2C52c5ccccc5-c5ccccc52)cc4-n2c4ccccc4c4c5ccccc5cc3c42)cc1. The molecule has 0 fully saturated rings. The maximum Gasteiger partial charge on any atom is 0.252 e. The minimum absolute atomic E-state index is 0.0156. The molecule has 0 amide bonds. The van der Waals surface area contributed by atoms with Crippen LogP contribution in [0.4, 0.5) is 17.1 Å². The Labute approximate surface area is 382 Å². The van der Waals surface area contributed by atoms with E-state index in [9.17, 15) is 0 Å². The van der Waals surface area contributed by atoms with E-state index in [0.717, 1.165) is 5.69 Å². The molecular formula is C63H37BN2. The lowest BCUT2D eigenvalue weighted by atomic mass is 9.33. The molecule has 11 aromatic carbocycles. The van der Waals surface area contributed by atoms with E-state index in [4.69, 9.17) is 0 Å². The zero-order valence-electron chi connectivity index (χ0n) is 35.8. The van der Waals surface area contributed by atoms with Gasteiger partial charge in [-0.2, -0.15) is 0 Å². The highest BCUT2D eigenvalue weighted by Gasteiger charge is 2.51. The minimum atomic E-state index is -0.383. The third-order valence-electron chi connectivity index (χ3n) is 15.7. The summed E-state index contributed by atoms with van der Waals surface area (Å²) in [4.78, 5) is 2.56. The maximum atomic E-state index is 2.62. The Morgan fingerprint density at radius 2 is 0.924 bits per heavy atom. The molecule has 2 nitrogen and oxygen atoms in total. The Kier molecular flexibility index (Phi) is 6.60. The van der Waals surface area contributed by atoms with E-state index >= 15 is 0 Å². The summed E-state index contributed by atoms with van der Waals surface area (Å²) in [6.07, 6.45) is 0. The molecule has 2 aliphatic carbocycles. The molecule has 3 heterocycles. The summed E-state index contributed by atoms with van der Waals surface area (Å²) < 4.78 is 2.62. The minimum Gasteiger partial charge on any atom is -0.311 e. The molecule has 1 spiro atoms. The first-order valence-corrected chi connectivity index (χ1v) is 23.2. The summed E-state index contributed by atoms with van der Waals surface area (Å²) in [5, 5.41) is 7.71. The lowest BCUT2D eigenvalue weighted by Crippen LogP contribution is -2.60. The Bertz CT molecular complexity index is 4090. The molecule has 0 atom stereocenters. The number of benzene rings is 11. The number of anilines is 3. The van der Waals surface area contributed by atoms with Crippen LogP contribution in [0.2, 0.25) is 0 Å². The summed E-state index contributed by atoms with van der Waals surface area (Å²) >= 11 is 0. The zero-order valence-corrected chi connectivity index (χ0v) is 35.8. The van der Waals surface area contributed by atoms with E-state index < -0.39 is 0 Å². The summed E-state index contributed by atoms with van der Waals surface area (Å²) in [6.45, 7) is 0.0156. The van der Waals surface area contributed by atoms with E-state index in [2.05, 4.69) is 234 Å². The average Bonchev–Trinajstić information content (AvgIpc) is 4.00. The summed E-state index contributed by atoms with van der Waals surface area (Å²) in [6, 6.07) is 85.1. The van der Waals surface area contributed by atoms with Crippen LogP contribution in [0.25, 0.3) is 82.4 Å². The molecule has 0 saturated carbocycles. The Morgan fingerprint density at radius 1 is 0.364 bits per heavy atom. The fourth-order valence-electron chi connectivity index (χ4n) is 13.2. The highest BCUT2D eigenvalue weighted by Crippen LogP contribution is 2.63. The van der Waals surface area contributed by atoms with E-state index in [-0.39, 0.29) is 12.1 Å². The van der Waals surface area contributed by atoms with Gasteiger partial charge in [-0.25, -0.2) is 0 Å². The highest BCUT2D eigenvalue weighted by molar-refractivity contribution is 7.00. The van der Waals surface area contributed by atoms with Crippen molar-refractivity contribution < 1.29 is 0 Å². The number of hydrogen-bond donors (Lipinski definition) is 0. The van der Waals surface area contributed by atoms with Crippen molar-refractivity contribution in [1.82, 2.24) is 4.57 Å². The van der Waals surface area contributed by atoms with Crippen LogP contribution in [-0.2, 0) is 5.41 Å². The predicted octanol–water partition coefficient (Wildman–Crippen LogP) is 13.7. The van der Waals surface area contributed by atoms with Gasteiger partial charge in [0.1, 0.15) is 0 Å². The van der Waals surface area contributed by atoms with Gasteiger partial charge in [-0.1, -0.05) is 182 Å². The number of fused-ring (bicyclic) bond motifs is 20. The molecule has 2 aliphatic heterocycles. The van der Waals surface area contributed by atoms with Crippen molar-refractivity contribution in [1.29, 1.82) is 0 Å². The van der Waals surface area contributed by atoms with Crippen molar-refractivity contribution in [3.8, 4) is 39.1 Å². The molecule has 0 saturated heterocycles. The first-order chi connectivity index (χ1) is 32.8. The molecule has 1 aromatic heterocycles. The van der Waals surface area contributed by atoms with Crippen molar-refractivity contribution >= 4 is 83.5 Å². The zero-order chi connectivity index (χ0) is 42.8. The number of hydrogen-bond acceptors (Lipinski definition) is 1. The van der Waals surface area contributed by atoms with E-state index in [1.165, 1.54) is 132 Å². The van der Waals surface area contributed by atoms with Crippen molar-refractivity contribution in [2.45, 2.75) is 5.41 Å². The largest absolute Gasteiger partial charge is 0.311 e. The van der Waals surface area contributed by atoms with Crippen LogP contribution in [0, 0.1) is 0 Å². The normalized spacial score (nSPS) is 14.1. The van der Waals surface area contributed by atoms with Crippen LogP contribution in [0.15, 0.2) is 224 Å². The monoisotopic (exact) mass is 832 g/mol. The standard InChI is InChI=1S/C63H37BN2/c1-2-19-43(20-3-1)65-57-35-39-17-5-4-16-38(39)33-54(57)64-55-34-41-18-6-7-21-44(41)60-48-25-11-15-29-56(48)66(62(55)60)59-37-42(36-58(65)61(59)64)40-30-31-53-49(32-40)47-24-10-14-28-52(47)63(53)50-26-12-8-22-45(50)46-23-9-13-27-51(46)63/h1-37H. The first-order valence-electron chi connectivity index (χ1n) is 23.2. The van der Waals surface area contributed by atoms with Crippen molar-refractivity contribution in [2.24, 2.45) is 0 Å². The molecule has 0 unspecified atom stereocenters. The van der Waals surface area contributed by atoms with E-state index in [1.54, 1.807) is 0 Å². The molecule has 66 heavy (non-hydrogen) atoms. The Morgan fingerprint density at radius 3 is 1.67 bits per heavy atom.